The number of aliphatic hydroxyl groups excluding tert-OH is 1. The molecule has 1 rings (SSSR count). The van der Waals surface area contributed by atoms with Crippen LogP contribution >= 0.6 is 0 Å². The molecule has 2 nitrogen and oxygen atoms in total. The summed E-state index contributed by atoms with van der Waals surface area (Å²) in [6.45, 7) is 9.13. The summed E-state index contributed by atoms with van der Waals surface area (Å²) in [7, 11) is 0. The highest BCUT2D eigenvalue weighted by atomic mass is 16.3. The Balaban J connectivity index is 2.46. The van der Waals surface area contributed by atoms with Crippen LogP contribution < -0.4 is 5.32 Å². The highest BCUT2D eigenvalue weighted by molar-refractivity contribution is 4.98. The number of hydrogen-bond donors (Lipinski definition) is 2. The first-order chi connectivity index (χ1) is 6.53. The van der Waals surface area contributed by atoms with Gasteiger partial charge in [0.25, 0.3) is 0 Å². The lowest BCUT2D eigenvalue weighted by Gasteiger charge is -2.34. The minimum atomic E-state index is -0.0388. The Hall–Kier alpha value is -0.0800. The minimum absolute atomic E-state index is 0.0388. The van der Waals surface area contributed by atoms with Gasteiger partial charge in [-0.3, -0.25) is 0 Å². The lowest BCUT2D eigenvalue weighted by Crippen LogP contribution is -2.53. The molecule has 0 saturated heterocycles. The molecule has 0 aromatic heterocycles. The Morgan fingerprint density at radius 2 is 2.00 bits per heavy atom. The van der Waals surface area contributed by atoms with Crippen LogP contribution in [0.15, 0.2) is 0 Å². The van der Waals surface area contributed by atoms with Crippen LogP contribution in [-0.4, -0.2) is 23.3 Å². The van der Waals surface area contributed by atoms with E-state index < -0.39 is 0 Å². The number of nitrogens with one attached hydrogen (secondary N) is 1. The summed E-state index contributed by atoms with van der Waals surface area (Å²) in [5, 5.41) is 13.0. The summed E-state index contributed by atoms with van der Waals surface area (Å²) >= 11 is 0. The van der Waals surface area contributed by atoms with Crippen molar-refractivity contribution < 1.29 is 5.11 Å². The van der Waals surface area contributed by atoms with E-state index >= 15 is 0 Å². The summed E-state index contributed by atoms with van der Waals surface area (Å²) in [6, 6.07) is 0.498. The Morgan fingerprint density at radius 1 is 1.43 bits per heavy atom. The van der Waals surface area contributed by atoms with Crippen LogP contribution in [0, 0.1) is 11.8 Å². The first-order valence-corrected chi connectivity index (χ1v) is 5.92. The molecule has 0 amide bonds. The van der Waals surface area contributed by atoms with E-state index in [9.17, 15) is 5.11 Å². The van der Waals surface area contributed by atoms with E-state index in [2.05, 4.69) is 33.0 Å². The van der Waals surface area contributed by atoms with E-state index in [0.29, 0.717) is 17.9 Å². The van der Waals surface area contributed by atoms with Crippen LogP contribution in [0.4, 0.5) is 0 Å². The summed E-state index contributed by atoms with van der Waals surface area (Å²) in [4.78, 5) is 0. The monoisotopic (exact) mass is 199 g/mol. The molecule has 1 aliphatic carbocycles. The molecule has 2 heteroatoms. The second kappa shape index (κ2) is 4.63. The van der Waals surface area contributed by atoms with E-state index in [1.54, 1.807) is 0 Å². The third-order valence-corrected chi connectivity index (χ3v) is 3.86. The van der Waals surface area contributed by atoms with Gasteiger partial charge in [-0.15, -0.1) is 0 Å². The summed E-state index contributed by atoms with van der Waals surface area (Å²) in [5.41, 5.74) is -0.0388. The lowest BCUT2D eigenvalue weighted by molar-refractivity contribution is 0.133. The first kappa shape index (κ1) is 12.0. The second-order valence-corrected chi connectivity index (χ2v) is 5.17. The molecular formula is C12H25NO. The molecule has 2 N–H and O–H groups in total. The fraction of sp³-hybridized carbons (Fsp3) is 1.00. The maximum Gasteiger partial charge on any atom is 0.0613 e. The highest BCUT2D eigenvalue weighted by Crippen LogP contribution is 2.39. The Kier molecular flexibility index (Phi) is 3.96. The lowest BCUT2D eigenvalue weighted by atomic mass is 9.92. The van der Waals surface area contributed by atoms with Gasteiger partial charge in [0.15, 0.2) is 0 Å². The molecule has 0 aromatic carbocycles. The van der Waals surface area contributed by atoms with Crippen molar-refractivity contribution in [3.8, 4) is 0 Å². The van der Waals surface area contributed by atoms with Crippen molar-refractivity contribution in [1.29, 1.82) is 0 Å². The molecule has 14 heavy (non-hydrogen) atoms. The smallest absolute Gasteiger partial charge is 0.0613 e. The van der Waals surface area contributed by atoms with E-state index in [-0.39, 0.29) is 12.1 Å². The summed E-state index contributed by atoms with van der Waals surface area (Å²) in [5.74, 6) is 1.37. The first-order valence-electron chi connectivity index (χ1n) is 5.92. The second-order valence-electron chi connectivity index (χ2n) is 5.17. The number of hydrogen-bond acceptors (Lipinski definition) is 2. The normalized spacial score (nSPS) is 25.5. The molecule has 0 aliphatic heterocycles. The average Bonchev–Trinajstić information content (AvgIpc) is 2.99. The molecule has 0 heterocycles. The maximum atomic E-state index is 9.44. The van der Waals surface area contributed by atoms with Crippen LogP contribution in [-0.2, 0) is 0 Å². The van der Waals surface area contributed by atoms with Gasteiger partial charge in [0.05, 0.1) is 6.61 Å². The standard InChI is InChI=1S/C12H25NO/c1-5-9(2)10(3)13-12(4,8-14)11-6-7-11/h9-11,13-14H,5-8H2,1-4H3. The summed E-state index contributed by atoms with van der Waals surface area (Å²) < 4.78 is 0. The predicted octanol–water partition coefficient (Wildman–Crippen LogP) is 2.17. The SMILES string of the molecule is CCC(C)C(C)NC(C)(CO)C1CC1. The third-order valence-electron chi connectivity index (χ3n) is 3.86. The minimum Gasteiger partial charge on any atom is -0.394 e. The van der Waals surface area contributed by atoms with Crippen molar-refractivity contribution in [3.63, 3.8) is 0 Å². The molecule has 1 fully saturated rings. The molecule has 0 spiro atoms. The molecule has 3 unspecified atom stereocenters. The fourth-order valence-corrected chi connectivity index (χ4v) is 2.03. The molecule has 0 bridgehead atoms. The van der Waals surface area contributed by atoms with Crippen molar-refractivity contribution in [2.75, 3.05) is 6.61 Å². The van der Waals surface area contributed by atoms with E-state index in [0.717, 1.165) is 0 Å². The van der Waals surface area contributed by atoms with Gasteiger partial charge in [-0.05, 0) is 38.5 Å². The maximum absolute atomic E-state index is 9.44. The van der Waals surface area contributed by atoms with Gasteiger partial charge in [-0.2, -0.15) is 0 Å². The number of aliphatic hydroxyl groups is 1. The van der Waals surface area contributed by atoms with Gasteiger partial charge in [-0.25, -0.2) is 0 Å². The molecule has 0 aromatic rings. The topological polar surface area (TPSA) is 32.3 Å². The van der Waals surface area contributed by atoms with E-state index in [1.807, 2.05) is 0 Å². The molecule has 0 radical (unpaired) electrons. The van der Waals surface area contributed by atoms with Gasteiger partial charge in [0.2, 0.25) is 0 Å². The Bertz CT molecular complexity index is 179. The molecule has 84 valence electrons. The zero-order valence-electron chi connectivity index (χ0n) is 10.0. The molecule has 1 saturated carbocycles. The fourth-order valence-electron chi connectivity index (χ4n) is 2.03. The third kappa shape index (κ3) is 2.71. The van der Waals surface area contributed by atoms with Crippen LogP contribution in [0.2, 0.25) is 0 Å². The molecule has 3 atom stereocenters. The largest absolute Gasteiger partial charge is 0.394 e. The average molecular weight is 199 g/mol. The van der Waals surface area contributed by atoms with Crippen molar-refractivity contribution in [1.82, 2.24) is 5.32 Å². The van der Waals surface area contributed by atoms with E-state index in [4.69, 9.17) is 0 Å². The Labute approximate surface area is 88.1 Å². The summed E-state index contributed by atoms with van der Waals surface area (Å²) in [6.07, 6.45) is 3.74. The van der Waals surface area contributed by atoms with Crippen molar-refractivity contribution in [2.45, 2.75) is 58.5 Å². The van der Waals surface area contributed by atoms with Crippen molar-refractivity contribution in [3.05, 3.63) is 0 Å². The van der Waals surface area contributed by atoms with Crippen molar-refractivity contribution >= 4 is 0 Å². The van der Waals surface area contributed by atoms with Gasteiger partial charge >= 0.3 is 0 Å². The zero-order chi connectivity index (χ0) is 10.8. The quantitative estimate of drug-likeness (QED) is 0.687. The zero-order valence-corrected chi connectivity index (χ0v) is 10.0. The van der Waals surface area contributed by atoms with E-state index in [1.165, 1.54) is 19.3 Å². The van der Waals surface area contributed by atoms with Gasteiger partial charge < -0.3 is 10.4 Å². The van der Waals surface area contributed by atoms with Gasteiger partial charge in [0, 0.05) is 11.6 Å². The van der Waals surface area contributed by atoms with Crippen molar-refractivity contribution in [2.24, 2.45) is 11.8 Å². The van der Waals surface area contributed by atoms with Crippen LogP contribution in [0.1, 0.15) is 47.0 Å². The van der Waals surface area contributed by atoms with Gasteiger partial charge in [0.1, 0.15) is 0 Å². The highest BCUT2D eigenvalue weighted by Gasteiger charge is 2.41. The molecular weight excluding hydrogens is 174 g/mol. The number of rotatable bonds is 6. The predicted molar refractivity (Wildman–Crippen MR) is 60.3 cm³/mol. The molecule has 1 aliphatic rings. The van der Waals surface area contributed by atoms with Crippen LogP contribution in [0.25, 0.3) is 0 Å². The van der Waals surface area contributed by atoms with Crippen LogP contribution in [0.5, 0.6) is 0 Å². The van der Waals surface area contributed by atoms with Gasteiger partial charge in [-0.1, -0.05) is 20.3 Å². The van der Waals surface area contributed by atoms with Crippen LogP contribution in [0.3, 0.4) is 0 Å². The Morgan fingerprint density at radius 3 is 2.36 bits per heavy atom.